The highest BCUT2D eigenvalue weighted by molar-refractivity contribution is 5.76. The summed E-state index contributed by atoms with van der Waals surface area (Å²) < 4.78 is 6.03. The van der Waals surface area contributed by atoms with Crippen LogP contribution < -0.4 is 10.9 Å². The number of hydrogen-bond acceptors (Lipinski definition) is 7. The molecule has 0 spiro atoms. The molecule has 0 aliphatic heterocycles. The quantitative estimate of drug-likeness (QED) is 0.631. The van der Waals surface area contributed by atoms with Gasteiger partial charge in [-0.2, -0.15) is 4.98 Å². The van der Waals surface area contributed by atoms with Crippen LogP contribution in [0.15, 0.2) is 27.6 Å². The highest BCUT2D eigenvalue weighted by atomic mass is 16.6. The van der Waals surface area contributed by atoms with Crippen LogP contribution in [0, 0.1) is 17.0 Å². The van der Waals surface area contributed by atoms with Crippen LogP contribution in [0.1, 0.15) is 37.4 Å². The second-order valence-corrected chi connectivity index (χ2v) is 6.08. The topological polar surface area (TPSA) is 133 Å². The molecule has 1 aliphatic rings. The molecule has 1 fully saturated rings. The van der Waals surface area contributed by atoms with Crippen LogP contribution in [-0.4, -0.2) is 25.5 Å². The first-order valence-electron chi connectivity index (χ1n) is 7.86. The van der Waals surface area contributed by atoms with Gasteiger partial charge in [0.2, 0.25) is 11.8 Å². The Labute approximate surface area is 142 Å². The average Bonchev–Trinajstić information content (AvgIpc) is 3.19. The summed E-state index contributed by atoms with van der Waals surface area (Å²) in [6.45, 7) is 1.35. The van der Waals surface area contributed by atoms with Gasteiger partial charge in [-0.25, -0.2) is 0 Å². The number of pyridine rings is 1. The van der Waals surface area contributed by atoms with Crippen molar-refractivity contribution in [1.29, 1.82) is 0 Å². The van der Waals surface area contributed by atoms with Crippen molar-refractivity contribution in [2.75, 3.05) is 0 Å². The smallest absolute Gasteiger partial charge is 0.285 e. The number of amides is 1. The van der Waals surface area contributed by atoms with Gasteiger partial charge < -0.3 is 9.84 Å². The fraction of sp³-hybridized carbons (Fsp3) is 0.467. The standard InChI is InChI=1S/C15H17N5O5/c1-10-16-14(18-25-10)15(6-2-3-7-15)17-12(21)9-19-8-11(20(23)24)4-5-13(19)22/h4-5,8H,2-3,6-7,9H2,1H3,(H,17,21). The van der Waals surface area contributed by atoms with E-state index < -0.39 is 21.9 Å². The minimum Gasteiger partial charge on any atom is -0.342 e. The first kappa shape index (κ1) is 16.8. The summed E-state index contributed by atoms with van der Waals surface area (Å²) in [5.41, 5.74) is -1.47. The molecule has 1 amide bonds. The second-order valence-electron chi connectivity index (χ2n) is 6.08. The van der Waals surface area contributed by atoms with Crippen LogP contribution >= 0.6 is 0 Å². The van der Waals surface area contributed by atoms with Gasteiger partial charge in [0.1, 0.15) is 12.1 Å². The van der Waals surface area contributed by atoms with Crippen LogP contribution in [0.2, 0.25) is 0 Å². The van der Waals surface area contributed by atoms with Crippen molar-refractivity contribution in [3.05, 3.63) is 50.5 Å². The first-order chi connectivity index (χ1) is 11.9. The zero-order valence-corrected chi connectivity index (χ0v) is 13.6. The Bertz CT molecular complexity index is 865. The zero-order chi connectivity index (χ0) is 18.0. The molecule has 25 heavy (non-hydrogen) atoms. The van der Waals surface area contributed by atoms with E-state index in [1.165, 1.54) is 0 Å². The van der Waals surface area contributed by atoms with Gasteiger partial charge in [-0.05, 0) is 12.8 Å². The molecule has 10 nitrogen and oxygen atoms in total. The summed E-state index contributed by atoms with van der Waals surface area (Å²) in [4.78, 5) is 38.7. The molecule has 0 radical (unpaired) electrons. The summed E-state index contributed by atoms with van der Waals surface area (Å²) in [7, 11) is 0. The lowest BCUT2D eigenvalue weighted by molar-refractivity contribution is -0.385. The number of rotatable bonds is 5. The van der Waals surface area contributed by atoms with Crippen molar-refractivity contribution in [2.45, 2.75) is 44.7 Å². The maximum atomic E-state index is 12.5. The molecule has 0 saturated heterocycles. The molecule has 132 valence electrons. The number of aryl methyl sites for hydroxylation is 1. The maximum Gasteiger partial charge on any atom is 0.285 e. The summed E-state index contributed by atoms with van der Waals surface area (Å²) in [5.74, 6) is 0.389. The number of hydrogen-bond donors (Lipinski definition) is 1. The fourth-order valence-electron chi connectivity index (χ4n) is 3.09. The van der Waals surface area contributed by atoms with E-state index in [1.807, 2.05) is 0 Å². The molecule has 1 aliphatic carbocycles. The van der Waals surface area contributed by atoms with Crippen molar-refractivity contribution < 1.29 is 14.2 Å². The summed E-state index contributed by atoms with van der Waals surface area (Å²) in [5, 5.41) is 17.6. The van der Waals surface area contributed by atoms with Gasteiger partial charge in [-0.3, -0.25) is 24.3 Å². The van der Waals surface area contributed by atoms with Crippen LogP contribution in [0.3, 0.4) is 0 Å². The third-order valence-electron chi connectivity index (χ3n) is 4.28. The fourth-order valence-corrected chi connectivity index (χ4v) is 3.09. The van der Waals surface area contributed by atoms with E-state index in [0.29, 0.717) is 24.6 Å². The van der Waals surface area contributed by atoms with Crippen molar-refractivity contribution in [1.82, 2.24) is 20.0 Å². The first-order valence-corrected chi connectivity index (χ1v) is 7.86. The Morgan fingerprint density at radius 2 is 2.16 bits per heavy atom. The van der Waals surface area contributed by atoms with Crippen LogP contribution in [-0.2, 0) is 16.9 Å². The summed E-state index contributed by atoms with van der Waals surface area (Å²) in [6, 6.07) is 2.18. The minimum atomic E-state index is -0.723. The molecule has 0 bridgehead atoms. The van der Waals surface area contributed by atoms with E-state index in [-0.39, 0.29) is 12.2 Å². The van der Waals surface area contributed by atoms with E-state index in [0.717, 1.165) is 35.7 Å². The van der Waals surface area contributed by atoms with E-state index in [2.05, 4.69) is 15.5 Å². The molecule has 0 aromatic carbocycles. The van der Waals surface area contributed by atoms with Crippen molar-refractivity contribution in [3.63, 3.8) is 0 Å². The number of aromatic nitrogens is 3. The van der Waals surface area contributed by atoms with Gasteiger partial charge >= 0.3 is 0 Å². The van der Waals surface area contributed by atoms with E-state index in [4.69, 9.17) is 4.52 Å². The number of carbonyl (C=O) groups excluding carboxylic acids is 1. The molecule has 2 aromatic heterocycles. The Hall–Kier alpha value is -3.04. The van der Waals surface area contributed by atoms with Crippen LogP contribution in [0.5, 0.6) is 0 Å². The molecule has 3 rings (SSSR count). The highest BCUT2D eigenvalue weighted by Crippen LogP contribution is 2.37. The summed E-state index contributed by atoms with van der Waals surface area (Å²) in [6.07, 6.45) is 4.21. The van der Waals surface area contributed by atoms with Gasteiger partial charge in [0.15, 0.2) is 5.82 Å². The average molecular weight is 347 g/mol. The zero-order valence-electron chi connectivity index (χ0n) is 13.6. The number of carbonyl (C=O) groups is 1. The van der Waals surface area contributed by atoms with Gasteiger partial charge in [-0.15, -0.1) is 0 Å². The Morgan fingerprint density at radius 1 is 1.44 bits per heavy atom. The number of nitro groups is 1. The van der Waals surface area contributed by atoms with Crippen molar-refractivity contribution in [3.8, 4) is 0 Å². The van der Waals surface area contributed by atoms with Crippen molar-refractivity contribution in [2.24, 2.45) is 0 Å². The third-order valence-corrected chi connectivity index (χ3v) is 4.28. The molecule has 0 unspecified atom stereocenters. The van der Waals surface area contributed by atoms with Gasteiger partial charge in [0.05, 0.1) is 11.1 Å². The van der Waals surface area contributed by atoms with Gasteiger partial charge in [0.25, 0.3) is 11.2 Å². The van der Waals surface area contributed by atoms with Crippen LogP contribution in [0.25, 0.3) is 0 Å². The second kappa shape index (κ2) is 6.46. The molecule has 0 atom stereocenters. The molecule has 2 heterocycles. The van der Waals surface area contributed by atoms with E-state index in [9.17, 15) is 19.7 Å². The number of nitrogens with zero attached hydrogens (tertiary/aromatic N) is 4. The predicted molar refractivity (Wildman–Crippen MR) is 84.7 cm³/mol. The lowest BCUT2D eigenvalue weighted by Crippen LogP contribution is -2.46. The molecule has 10 heteroatoms. The normalized spacial score (nSPS) is 15.9. The summed E-state index contributed by atoms with van der Waals surface area (Å²) >= 11 is 0. The highest BCUT2D eigenvalue weighted by Gasteiger charge is 2.41. The van der Waals surface area contributed by atoms with Gasteiger partial charge in [0, 0.05) is 19.1 Å². The molecular formula is C15H17N5O5. The van der Waals surface area contributed by atoms with Crippen molar-refractivity contribution >= 4 is 11.6 Å². The lowest BCUT2D eigenvalue weighted by atomic mass is 9.96. The number of nitrogens with one attached hydrogen (secondary N) is 1. The Morgan fingerprint density at radius 3 is 2.76 bits per heavy atom. The van der Waals surface area contributed by atoms with Crippen LogP contribution in [0.4, 0.5) is 5.69 Å². The molecule has 2 aromatic rings. The SMILES string of the molecule is Cc1nc(C2(NC(=O)Cn3cc([N+](=O)[O-])ccc3=O)CCCC2)no1. The third kappa shape index (κ3) is 3.42. The Kier molecular flexibility index (Phi) is 4.34. The van der Waals surface area contributed by atoms with E-state index >= 15 is 0 Å². The van der Waals surface area contributed by atoms with Gasteiger partial charge in [-0.1, -0.05) is 18.0 Å². The Balaban J connectivity index is 1.80. The van der Waals surface area contributed by atoms with E-state index in [1.54, 1.807) is 6.92 Å². The lowest BCUT2D eigenvalue weighted by Gasteiger charge is -2.26. The monoisotopic (exact) mass is 347 g/mol. The predicted octanol–water partition coefficient (Wildman–Crippen LogP) is 1.03. The minimum absolute atomic E-state index is 0.253. The molecule has 1 saturated carbocycles. The largest absolute Gasteiger partial charge is 0.342 e. The maximum absolute atomic E-state index is 12.5. The molecule has 1 N–H and O–H groups in total. The molecular weight excluding hydrogens is 330 g/mol.